The minimum atomic E-state index is -0.117. The molecule has 2 aromatic carbocycles. The number of benzene rings is 2. The Morgan fingerprint density at radius 1 is 1.14 bits per heavy atom. The highest BCUT2D eigenvalue weighted by molar-refractivity contribution is 5.94. The molecular formula is C23H26N4O2. The number of carbonyl (C=O) groups excluding carboxylic acids is 1. The van der Waals surface area contributed by atoms with Crippen molar-refractivity contribution in [1.29, 1.82) is 0 Å². The van der Waals surface area contributed by atoms with E-state index in [0.717, 1.165) is 42.1 Å². The molecule has 0 unspecified atom stereocenters. The molecule has 0 spiro atoms. The van der Waals surface area contributed by atoms with Crippen LogP contribution in [0.3, 0.4) is 0 Å². The number of aryl methyl sites for hydroxylation is 1. The van der Waals surface area contributed by atoms with E-state index in [2.05, 4.69) is 27.4 Å². The van der Waals surface area contributed by atoms with E-state index in [4.69, 9.17) is 4.74 Å². The summed E-state index contributed by atoms with van der Waals surface area (Å²) in [7, 11) is 3.60. The molecule has 0 saturated heterocycles. The maximum Gasteiger partial charge on any atom is 0.272 e. The molecule has 0 atom stereocenters. The van der Waals surface area contributed by atoms with Gasteiger partial charge < -0.3 is 10.1 Å². The molecule has 0 saturated carbocycles. The number of amides is 1. The van der Waals surface area contributed by atoms with E-state index in [9.17, 15) is 4.79 Å². The summed E-state index contributed by atoms with van der Waals surface area (Å²) >= 11 is 0. The van der Waals surface area contributed by atoms with Gasteiger partial charge in [-0.25, -0.2) is 0 Å². The summed E-state index contributed by atoms with van der Waals surface area (Å²) in [5.74, 6) is 0.747. The van der Waals surface area contributed by atoms with Crippen LogP contribution in [0, 0.1) is 0 Å². The van der Waals surface area contributed by atoms with Crippen molar-refractivity contribution in [3.8, 4) is 5.75 Å². The van der Waals surface area contributed by atoms with E-state index in [-0.39, 0.29) is 5.91 Å². The maximum absolute atomic E-state index is 12.8. The van der Waals surface area contributed by atoms with Crippen molar-refractivity contribution in [2.45, 2.75) is 26.1 Å². The maximum atomic E-state index is 12.8. The van der Waals surface area contributed by atoms with Gasteiger partial charge in [0.15, 0.2) is 5.69 Å². The smallest absolute Gasteiger partial charge is 0.272 e. The highest BCUT2D eigenvalue weighted by Gasteiger charge is 2.27. The van der Waals surface area contributed by atoms with Crippen LogP contribution in [0.1, 0.15) is 32.9 Å². The summed E-state index contributed by atoms with van der Waals surface area (Å²) in [5.41, 5.74) is 5.00. The summed E-state index contributed by atoms with van der Waals surface area (Å²) in [4.78, 5) is 15.2. The predicted octanol–water partition coefficient (Wildman–Crippen LogP) is 2.92. The zero-order valence-corrected chi connectivity index (χ0v) is 16.9. The first kappa shape index (κ1) is 19.2. The highest BCUT2D eigenvalue weighted by atomic mass is 16.5. The average Bonchev–Trinajstić information content (AvgIpc) is 3.09. The molecule has 1 aromatic heterocycles. The molecular weight excluding hydrogens is 364 g/mol. The van der Waals surface area contributed by atoms with Crippen molar-refractivity contribution in [3.05, 3.63) is 82.7 Å². The first-order valence-electron chi connectivity index (χ1n) is 9.86. The summed E-state index contributed by atoms with van der Waals surface area (Å²) in [6.07, 6.45) is 0.884. The number of methoxy groups -OCH3 is 1. The van der Waals surface area contributed by atoms with Crippen LogP contribution in [-0.4, -0.2) is 34.2 Å². The Hall–Kier alpha value is -3.12. The van der Waals surface area contributed by atoms with Crippen LogP contribution in [0.2, 0.25) is 0 Å². The molecule has 0 aliphatic carbocycles. The number of hydrogen-bond donors (Lipinski definition) is 1. The van der Waals surface area contributed by atoms with Gasteiger partial charge in [0, 0.05) is 50.9 Å². The van der Waals surface area contributed by atoms with Crippen LogP contribution in [0.5, 0.6) is 5.75 Å². The van der Waals surface area contributed by atoms with Crippen molar-refractivity contribution in [2.75, 3.05) is 13.7 Å². The minimum absolute atomic E-state index is 0.117. The molecule has 4 rings (SSSR count). The van der Waals surface area contributed by atoms with Crippen LogP contribution in [0.15, 0.2) is 54.6 Å². The van der Waals surface area contributed by atoms with Gasteiger partial charge >= 0.3 is 0 Å². The minimum Gasteiger partial charge on any atom is -0.497 e. The number of ether oxygens (including phenoxy) is 1. The fraction of sp³-hybridized carbons (Fsp3) is 0.304. The van der Waals surface area contributed by atoms with Gasteiger partial charge in [0.05, 0.1) is 7.11 Å². The van der Waals surface area contributed by atoms with E-state index < -0.39 is 0 Å². The second kappa shape index (κ2) is 8.49. The van der Waals surface area contributed by atoms with E-state index in [0.29, 0.717) is 18.8 Å². The van der Waals surface area contributed by atoms with Crippen LogP contribution in [-0.2, 0) is 33.1 Å². The molecule has 1 amide bonds. The number of carbonyl (C=O) groups is 1. The largest absolute Gasteiger partial charge is 0.497 e. The highest BCUT2D eigenvalue weighted by Crippen LogP contribution is 2.24. The van der Waals surface area contributed by atoms with Gasteiger partial charge in [0.1, 0.15) is 5.75 Å². The Morgan fingerprint density at radius 2 is 1.93 bits per heavy atom. The Labute approximate surface area is 171 Å². The number of fused-ring (bicyclic) bond motifs is 1. The van der Waals surface area contributed by atoms with Gasteiger partial charge in [-0.15, -0.1) is 0 Å². The third-order valence-corrected chi connectivity index (χ3v) is 5.37. The lowest BCUT2D eigenvalue weighted by Gasteiger charge is -2.27. The molecule has 0 fully saturated rings. The third-order valence-electron chi connectivity index (χ3n) is 5.37. The fourth-order valence-corrected chi connectivity index (χ4v) is 3.86. The monoisotopic (exact) mass is 390 g/mol. The predicted molar refractivity (Wildman–Crippen MR) is 112 cm³/mol. The normalized spacial score (nSPS) is 13.7. The Kier molecular flexibility index (Phi) is 5.62. The number of nitrogens with zero attached hydrogens (tertiary/aromatic N) is 3. The van der Waals surface area contributed by atoms with Crippen molar-refractivity contribution < 1.29 is 9.53 Å². The lowest BCUT2D eigenvalue weighted by Crippen LogP contribution is -2.32. The van der Waals surface area contributed by atoms with Gasteiger partial charge in [-0.1, -0.05) is 42.5 Å². The first-order valence-corrected chi connectivity index (χ1v) is 9.86. The second-order valence-electron chi connectivity index (χ2n) is 7.38. The molecule has 6 nitrogen and oxygen atoms in total. The summed E-state index contributed by atoms with van der Waals surface area (Å²) in [5, 5.41) is 7.54. The van der Waals surface area contributed by atoms with Gasteiger partial charge in [-0.05, 0) is 23.3 Å². The summed E-state index contributed by atoms with van der Waals surface area (Å²) in [6, 6.07) is 18.1. The van der Waals surface area contributed by atoms with E-state index in [1.807, 2.05) is 54.2 Å². The zero-order valence-electron chi connectivity index (χ0n) is 16.9. The van der Waals surface area contributed by atoms with E-state index >= 15 is 0 Å². The molecule has 0 radical (unpaired) electrons. The molecule has 150 valence electrons. The standard InChI is InChI=1S/C23H26N4O2/c1-26-21-11-12-27(15-18-9-6-10-19(13-18)29-2)16-20(21)22(25-26)23(28)24-14-17-7-4-3-5-8-17/h3-10,13H,11-12,14-16H2,1-2H3,(H,24,28). The lowest BCUT2D eigenvalue weighted by atomic mass is 10.0. The number of rotatable bonds is 6. The third kappa shape index (κ3) is 4.32. The first-order chi connectivity index (χ1) is 14.1. The van der Waals surface area contributed by atoms with Crippen molar-refractivity contribution in [1.82, 2.24) is 20.0 Å². The van der Waals surface area contributed by atoms with Gasteiger partial charge in [0.25, 0.3) is 5.91 Å². The van der Waals surface area contributed by atoms with Crippen LogP contribution >= 0.6 is 0 Å². The van der Waals surface area contributed by atoms with Gasteiger partial charge in [0.2, 0.25) is 0 Å². The Bertz CT molecular complexity index is 997. The molecule has 0 bridgehead atoms. The molecule has 3 aromatic rings. The summed E-state index contributed by atoms with van der Waals surface area (Å²) in [6.45, 7) is 2.97. The molecule has 1 aliphatic rings. The summed E-state index contributed by atoms with van der Waals surface area (Å²) < 4.78 is 7.19. The number of nitrogens with one attached hydrogen (secondary N) is 1. The molecule has 29 heavy (non-hydrogen) atoms. The SMILES string of the molecule is COc1cccc(CN2CCc3c(c(C(=O)NCc4ccccc4)nn3C)C2)c1. The second-order valence-corrected chi connectivity index (χ2v) is 7.38. The fourth-order valence-electron chi connectivity index (χ4n) is 3.86. The lowest BCUT2D eigenvalue weighted by molar-refractivity contribution is 0.0943. The van der Waals surface area contributed by atoms with Crippen molar-refractivity contribution >= 4 is 5.91 Å². The molecule has 2 heterocycles. The van der Waals surface area contributed by atoms with E-state index in [1.165, 1.54) is 5.56 Å². The van der Waals surface area contributed by atoms with Crippen LogP contribution < -0.4 is 10.1 Å². The quantitative estimate of drug-likeness (QED) is 0.703. The molecule has 1 aliphatic heterocycles. The van der Waals surface area contributed by atoms with Gasteiger partial charge in [-0.3, -0.25) is 14.4 Å². The molecule has 6 heteroatoms. The number of aromatic nitrogens is 2. The van der Waals surface area contributed by atoms with Crippen molar-refractivity contribution in [3.63, 3.8) is 0 Å². The molecule has 1 N–H and O–H groups in total. The number of hydrogen-bond acceptors (Lipinski definition) is 4. The Morgan fingerprint density at radius 3 is 2.72 bits per heavy atom. The van der Waals surface area contributed by atoms with E-state index in [1.54, 1.807) is 7.11 Å². The topological polar surface area (TPSA) is 59.4 Å². The Balaban J connectivity index is 1.47. The van der Waals surface area contributed by atoms with Crippen LogP contribution in [0.25, 0.3) is 0 Å². The van der Waals surface area contributed by atoms with Crippen LogP contribution in [0.4, 0.5) is 0 Å². The van der Waals surface area contributed by atoms with Gasteiger partial charge in [-0.2, -0.15) is 5.10 Å². The van der Waals surface area contributed by atoms with Crippen molar-refractivity contribution in [2.24, 2.45) is 7.05 Å². The average molecular weight is 390 g/mol. The zero-order chi connectivity index (χ0) is 20.2.